The second-order valence-electron chi connectivity index (χ2n) is 4.13. The van der Waals surface area contributed by atoms with E-state index in [1.807, 2.05) is 12.1 Å². The fourth-order valence-corrected chi connectivity index (χ4v) is 2.13. The minimum absolute atomic E-state index is 0.0697. The molecule has 1 aromatic carbocycles. The lowest BCUT2D eigenvalue weighted by molar-refractivity contribution is 0.288. The number of nitrogens with two attached hydrogens (primary N) is 1. The van der Waals surface area contributed by atoms with Crippen LogP contribution in [0, 0.1) is 5.82 Å². The fraction of sp³-hybridized carbons (Fsp3) is 0.500. The summed E-state index contributed by atoms with van der Waals surface area (Å²) in [6, 6.07) is 7.59. The fourth-order valence-electron chi connectivity index (χ4n) is 2.13. The van der Waals surface area contributed by atoms with Crippen LogP contribution in [0.5, 0.6) is 0 Å². The highest BCUT2D eigenvalue weighted by atomic mass is 19.1. The van der Waals surface area contributed by atoms with Gasteiger partial charge in [-0.05, 0) is 30.4 Å². The van der Waals surface area contributed by atoms with Crippen LogP contribution >= 0.6 is 0 Å². The van der Waals surface area contributed by atoms with Crippen LogP contribution in [0.3, 0.4) is 0 Å². The largest absolute Gasteiger partial charge is 0.329 e. The Kier molecular flexibility index (Phi) is 3.34. The zero-order valence-corrected chi connectivity index (χ0v) is 8.75. The van der Waals surface area contributed by atoms with Crippen molar-refractivity contribution in [3.63, 3.8) is 0 Å². The molecule has 2 rings (SSSR count). The summed E-state index contributed by atoms with van der Waals surface area (Å²) in [6.45, 7) is 1.52. The molecule has 0 atom stereocenters. The van der Waals surface area contributed by atoms with Crippen LogP contribution in [0.2, 0.25) is 0 Å². The Morgan fingerprint density at radius 2 is 2.07 bits per heavy atom. The molecule has 1 fully saturated rings. The summed E-state index contributed by atoms with van der Waals surface area (Å²) in [4.78, 5) is 0. The summed E-state index contributed by atoms with van der Waals surface area (Å²) >= 11 is 0. The van der Waals surface area contributed by atoms with E-state index in [-0.39, 0.29) is 5.82 Å². The highest BCUT2D eigenvalue weighted by molar-refractivity contribution is 5.24. The predicted octanol–water partition coefficient (Wildman–Crippen LogP) is 1.62. The van der Waals surface area contributed by atoms with E-state index >= 15 is 0 Å². The Hall–Kier alpha value is -0.930. The molecule has 3 N–H and O–H groups in total. The van der Waals surface area contributed by atoms with Crippen molar-refractivity contribution in [1.29, 1.82) is 0 Å². The Labute approximate surface area is 89.7 Å². The topological polar surface area (TPSA) is 38.0 Å². The number of benzene rings is 1. The lowest BCUT2D eigenvalue weighted by Gasteiger charge is -2.36. The highest BCUT2D eigenvalue weighted by Gasteiger charge is 2.30. The summed E-state index contributed by atoms with van der Waals surface area (Å²) in [5, 5.41) is 3.34. The molecule has 0 heterocycles. The maximum Gasteiger partial charge on any atom is 0.126 e. The number of hydrogen-bond donors (Lipinski definition) is 2. The first-order valence-corrected chi connectivity index (χ1v) is 5.49. The van der Waals surface area contributed by atoms with Gasteiger partial charge in [-0.1, -0.05) is 18.2 Å². The van der Waals surface area contributed by atoms with Crippen LogP contribution in [-0.2, 0) is 0 Å². The van der Waals surface area contributed by atoms with Crippen molar-refractivity contribution in [2.45, 2.75) is 24.8 Å². The number of halogens is 1. The van der Waals surface area contributed by atoms with Gasteiger partial charge in [-0.25, -0.2) is 4.39 Å². The van der Waals surface area contributed by atoms with E-state index in [4.69, 9.17) is 5.73 Å². The van der Waals surface area contributed by atoms with Gasteiger partial charge in [-0.15, -0.1) is 0 Å². The molecule has 0 saturated heterocycles. The Morgan fingerprint density at radius 3 is 2.73 bits per heavy atom. The van der Waals surface area contributed by atoms with Gasteiger partial charge in [0.15, 0.2) is 0 Å². The van der Waals surface area contributed by atoms with Gasteiger partial charge >= 0.3 is 0 Å². The Morgan fingerprint density at radius 1 is 1.33 bits per heavy atom. The van der Waals surface area contributed by atoms with Gasteiger partial charge in [-0.3, -0.25) is 0 Å². The van der Waals surface area contributed by atoms with Gasteiger partial charge in [0, 0.05) is 19.1 Å². The van der Waals surface area contributed by atoms with Crippen molar-refractivity contribution in [3.8, 4) is 0 Å². The van der Waals surface area contributed by atoms with Gasteiger partial charge in [-0.2, -0.15) is 0 Å². The second-order valence-corrected chi connectivity index (χ2v) is 4.13. The molecule has 0 aliphatic heterocycles. The highest BCUT2D eigenvalue weighted by Crippen LogP contribution is 2.37. The average molecular weight is 208 g/mol. The van der Waals surface area contributed by atoms with Crippen LogP contribution in [0.4, 0.5) is 4.39 Å². The van der Waals surface area contributed by atoms with Crippen LogP contribution in [0.1, 0.15) is 24.3 Å². The van der Waals surface area contributed by atoms with Crippen LogP contribution in [-0.4, -0.2) is 19.1 Å². The van der Waals surface area contributed by atoms with Crippen LogP contribution < -0.4 is 11.1 Å². The molecule has 1 aliphatic rings. The molecule has 82 valence electrons. The van der Waals surface area contributed by atoms with Gasteiger partial charge in [0.1, 0.15) is 5.82 Å². The van der Waals surface area contributed by atoms with E-state index in [2.05, 4.69) is 5.32 Å². The Balaban J connectivity index is 1.87. The molecule has 15 heavy (non-hydrogen) atoms. The summed E-state index contributed by atoms with van der Waals surface area (Å²) < 4.78 is 13.4. The first-order chi connectivity index (χ1) is 7.31. The van der Waals surface area contributed by atoms with Gasteiger partial charge in [0.25, 0.3) is 0 Å². The molecular weight excluding hydrogens is 191 g/mol. The summed E-state index contributed by atoms with van der Waals surface area (Å²) in [7, 11) is 0. The average Bonchev–Trinajstić information content (AvgIpc) is 2.18. The van der Waals surface area contributed by atoms with Crippen molar-refractivity contribution in [1.82, 2.24) is 5.32 Å². The number of rotatable bonds is 4. The lowest BCUT2D eigenvalue weighted by Crippen LogP contribution is -2.42. The van der Waals surface area contributed by atoms with E-state index < -0.39 is 0 Å². The maximum atomic E-state index is 13.4. The molecule has 1 saturated carbocycles. The smallest absolute Gasteiger partial charge is 0.126 e. The molecule has 1 aromatic rings. The first kappa shape index (κ1) is 10.6. The normalized spacial score (nSPS) is 24.9. The SMILES string of the molecule is NCCNC1CC(c2ccccc2F)C1. The van der Waals surface area contributed by atoms with Crippen LogP contribution in [0.25, 0.3) is 0 Å². The van der Waals surface area contributed by atoms with E-state index in [0.717, 1.165) is 24.9 Å². The number of nitrogens with one attached hydrogen (secondary N) is 1. The maximum absolute atomic E-state index is 13.4. The standard InChI is InChI=1S/C12H17FN2/c13-12-4-2-1-3-11(12)9-7-10(8-9)15-6-5-14/h1-4,9-10,15H,5-8,14H2. The Bertz CT molecular complexity index is 321. The molecule has 0 unspecified atom stereocenters. The van der Waals surface area contributed by atoms with E-state index in [1.165, 1.54) is 6.07 Å². The third kappa shape index (κ3) is 2.36. The molecule has 0 aromatic heterocycles. The lowest BCUT2D eigenvalue weighted by atomic mass is 9.75. The van der Waals surface area contributed by atoms with Crippen molar-refractivity contribution in [2.24, 2.45) is 5.73 Å². The third-order valence-electron chi connectivity index (χ3n) is 3.06. The molecule has 1 aliphatic carbocycles. The first-order valence-electron chi connectivity index (χ1n) is 5.49. The monoisotopic (exact) mass is 208 g/mol. The molecule has 0 spiro atoms. The molecular formula is C12H17FN2. The molecule has 2 nitrogen and oxygen atoms in total. The van der Waals surface area contributed by atoms with E-state index in [0.29, 0.717) is 18.5 Å². The minimum Gasteiger partial charge on any atom is -0.329 e. The van der Waals surface area contributed by atoms with Gasteiger partial charge in [0.05, 0.1) is 0 Å². The van der Waals surface area contributed by atoms with E-state index in [9.17, 15) is 4.39 Å². The zero-order chi connectivity index (χ0) is 10.7. The molecule has 0 amide bonds. The van der Waals surface area contributed by atoms with Crippen molar-refractivity contribution < 1.29 is 4.39 Å². The quantitative estimate of drug-likeness (QED) is 0.789. The van der Waals surface area contributed by atoms with E-state index in [1.54, 1.807) is 6.07 Å². The molecule has 3 heteroatoms. The third-order valence-corrected chi connectivity index (χ3v) is 3.06. The second kappa shape index (κ2) is 4.73. The number of hydrogen-bond acceptors (Lipinski definition) is 2. The van der Waals surface area contributed by atoms with Crippen molar-refractivity contribution >= 4 is 0 Å². The summed E-state index contributed by atoms with van der Waals surface area (Å²) in [6.07, 6.45) is 2.06. The van der Waals surface area contributed by atoms with Crippen molar-refractivity contribution in [3.05, 3.63) is 35.6 Å². The summed E-state index contributed by atoms with van der Waals surface area (Å²) in [5.74, 6) is 0.321. The van der Waals surface area contributed by atoms with Crippen molar-refractivity contribution in [2.75, 3.05) is 13.1 Å². The van der Waals surface area contributed by atoms with Gasteiger partial charge < -0.3 is 11.1 Å². The van der Waals surface area contributed by atoms with Gasteiger partial charge in [0.2, 0.25) is 0 Å². The summed E-state index contributed by atoms with van der Waals surface area (Å²) in [5.41, 5.74) is 6.27. The predicted molar refractivity (Wildman–Crippen MR) is 59.2 cm³/mol. The zero-order valence-electron chi connectivity index (χ0n) is 8.75. The molecule has 0 bridgehead atoms. The minimum atomic E-state index is -0.0697. The molecule has 0 radical (unpaired) electrons. The van der Waals surface area contributed by atoms with Crippen LogP contribution in [0.15, 0.2) is 24.3 Å².